The molecule has 1 aliphatic heterocycles. The minimum atomic E-state index is 0. The summed E-state index contributed by atoms with van der Waals surface area (Å²) in [6, 6.07) is 1.27. The summed E-state index contributed by atoms with van der Waals surface area (Å²) in [5.74, 6) is 0.979. The number of rotatable bonds is 4. The number of aliphatic imine (C=N–C) groups is 1. The monoisotopic (exact) mass is 412 g/mol. The van der Waals surface area contributed by atoms with E-state index in [-0.39, 0.29) is 24.0 Å². The van der Waals surface area contributed by atoms with E-state index >= 15 is 0 Å². The number of halogens is 1. The van der Waals surface area contributed by atoms with Crippen molar-refractivity contribution in [3.05, 3.63) is 0 Å². The van der Waals surface area contributed by atoms with Crippen LogP contribution in [0.15, 0.2) is 4.99 Å². The molecular weight excluding hydrogens is 383 g/mol. The molecule has 3 unspecified atom stereocenters. The Hall–Kier alpha value is 0.310. The molecule has 0 aromatic rings. The fraction of sp³-hybridized carbons (Fsp3) is 0.929. The molecule has 0 bridgehead atoms. The third-order valence-electron chi connectivity index (χ3n) is 4.46. The molecule has 2 rings (SSSR count). The maximum atomic E-state index is 4.36. The molecule has 118 valence electrons. The van der Waals surface area contributed by atoms with Gasteiger partial charge in [0, 0.05) is 30.9 Å². The Kier molecular flexibility index (Phi) is 8.59. The van der Waals surface area contributed by atoms with Gasteiger partial charge in [-0.25, -0.2) is 0 Å². The van der Waals surface area contributed by atoms with Crippen LogP contribution < -0.4 is 10.6 Å². The van der Waals surface area contributed by atoms with Gasteiger partial charge in [0.15, 0.2) is 5.96 Å². The molecule has 0 spiro atoms. The van der Waals surface area contributed by atoms with Crippen LogP contribution in [-0.4, -0.2) is 61.6 Å². The molecule has 1 saturated heterocycles. The number of nitrogens with zero attached hydrogens (tertiary/aromatic N) is 2. The second kappa shape index (κ2) is 9.35. The van der Waals surface area contributed by atoms with Gasteiger partial charge in [-0.3, -0.25) is 4.99 Å². The van der Waals surface area contributed by atoms with Gasteiger partial charge in [-0.2, -0.15) is 11.8 Å². The van der Waals surface area contributed by atoms with Crippen molar-refractivity contribution in [1.82, 2.24) is 15.5 Å². The van der Waals surface area contributed by atoms with Gasteiger partial charge in [-0.15, -0.1) is 24.0 Å². The highest BCUT2D eigenvalue weighted by Crippen LogP contribution is 2.28. The molecule has 0 aromatic carbocycles. The lowest BCUT2D eigenvalue weighted by molar-refractivity contribution is 0.309. The molecular formula is C14H29IN4S. The van der Waals surface area contributed by atoms with Gasteiger partial charge in [0.1, 0.15) is 0 Å². The summed E-state index contributed by atoms with van der Waals surface area (Å²) in [7, 11) is 4.09. The summed E-state index contributed by atoms with van der Waals surface area (Å²) < 4.78 is 0. The van der Waals surface area contributed by atoms with E-state index < -0.39 is 0 Å². The predicted molar refractivity (Wildman–Crippen MR) is 101 cm³/mol. The third-order valence-corrected chi connectivity index (χ3v) is 5.55. The zero-order valence-electron chi connectivity index (χ0n) is 12.9. The average Bonchev–Trinajstić information content (AvgIpc) is 3.03. The molecule has 0 radical (unpaired) electrons. The SMILES string of the molecule is CN=C(NCC1CCCN1C)NC1CCC(SC)C1.I. The lowest BCUT2D eigenvalue weighted by Gasteiger charge is -2.22. The Morgan fingerprint density at radius 2 is 2.15 bits per heavy atom. The zero-order valence-corrected chi connectivity index (χ0v) is 16.0. The van der Waals surface area contributed by atoms with Gasteiger partial charge in [0.05, 0.1) is 0 Å². The maximum Gasteiger partial charge on any atom is 0.191 e. The fourth-order valence-electron chi connectivity index (χ4n) is 3.12. The average molecular weight is 412 g/mol. The Balaban J connectivity index is 0.00000200. The largest absolute Gasteiger partial charge is 0.355 e. The van der Waals surface area contributed by atoms with Crippen LogP contribution in [0.4, 0.5) is 0 Å². The van der Waals surface area contributed by atoms with E-state index in [4.69, 9.17) is 0 Å². The second-order valence-corrected chi connectivity index (χ2v) is 6.88. The van der Waals surface area contributed by atoms with Gasteiger partial charge >= 0.3 is 0 Å². The zero-order chi connectivity index (χ0) is 13.7. The summed E-state index contributed by atoms with van der Waals surface area (Å²) in [4.78, 5) is 6.80. The number of thioether (sulfide) groups is 1. The molecule has 0 aromatic heterocycles. The summed E-state index contributed by atoms with van der Waals surface area (Å²) in [6.45, 7) is 2.24. The predicted octanol–water partition coefficient (Wildman–Crippen LogP) is 2.15. The second-order valence-electron chi connectivity index (χ2n) is 5.74. The Morgan fingerprint density at radius 3 is 2.70 bits per heavy atom. The Bertz CT molecular complexity index is 314. The van der Waals surface area contributed by atoms with E-state index in [1.807, 2.05) is 18.8 Å². The first kappa shape index (κ1) is 18.4. The number of likely N-dealkylation sites (tertiary alicyclic amines) is 1. The van der Waals surface area contributed by atoms with Crippen LogP contribution in [-0.2, 0) is 0 Å². The molecule has 4 nitrogen and oxygen atoms in total. The van der Waals surface area contributed by atoms with Crippen molar-refractivity contribution in [2.45, 2.75) is 49.4 Å². The highest BCUT2D eigenvalue weighted by molar-refractivity contribution is 14.0. The van der Waals surface area contributed by atoms with E-state index in [0.717, 1.165) is 17.8 Å². The van der Waals surface area contributed by atoms with Crippen LogP contribution in [0.25, 0.3) is 0 Å². The quantitative estimate of drug-likeness (QED) is 0.422. The Morgan fingerprint density at radius 1 is 1.35 bits per heavy atom. The van der Waals surface area contributed by atoms with Gasteiger partial charge in [0.2, 0.25) is 0 Å². The normalized spacial score (nSPS) is 31.1. The maximum absolute atomic E-state index is 4.36. The van der Waals surface area contributed by atoms with Gasteiger partial charge in [-0.05, 0) is 52.0 Å². The van der Waals surface area contributed by atoms with E-state index in [9.17, 15) is 0 Å². The number of likely N-dealkylation sites (N-methyl/N-ethyl adjacent to an activating group) is 1. The molecule has 1 saturated carbocycles. The molecule has 2 N–H and O–H groups in total. The third kappa shape index (κ3) is 5.26. The molecule has 0 amide bonds. The van der Waals surface area contributed by atoms with Crippen LogP contribution in [0.2, 0.25) is 0 Å². The van der Waals surface area contributed by atoms with Crippen molar-refractivity contribution in [3.8, 4) is 0 Å². The van der Waals surface area contributed by atoms with Crippen LogP contribution >= 0.6 is 35.7 Å². The molecule has 3 atom stereocenters. The molecule has 6 heteroatoms. The van der Waals surface area contributed by atoms with Crippen LogP contribution in [0.1, 0.15) is 32.1 Å². The van der Waals surface area contributed by atoms with E-state index in [0.29, 0.717) is 12.1 Å². The van der Waals surface area contributed by atoms with E-state index in [1.165, 1.54) is 38.6 Å². The first-order valence-corrected chi connectivity index (χ1v) is 8.72. The van der Waals surface area contributed by atoms with Crippen LogP contribution in [0.3, 0.4) is 0 Å². The molecule has 1 aliphatic carbocycles. The van der Waals surface area contributed by atoms with Crippen molar-refractivity contribution >= 4 is 41.7 Å². The lowest BCUT2D eigenvalue weighted by atomic mass is 10.2. The number of guanidine groups is 1. The van der Waals surface area contributed by atoms with Gasteiger partial charge in [-0.1, -0.05) is 0 Å². The van der Waals surface area contributed by atoms with Crippen LogP contribution in [0.5, 0.6) is 0 Å². The van der Waals surface area contributed by atoms with Gasteiger partial charge < -0.3 is 15.5 Å². The standard InChI is InChI=1S/C14H28N4S.HI/c1-15-14(16-10-12-5-4-8-18(12)2)17-11-6-7-13(9-11)19-3;/h11-13H,4-10H2,1-3H3,(H2,15,16,17);1H. The molecule has 20 heavy (non-hydrogen) atoms. The summed E-state index contributed by atoms with van der Waals surface area (Å²) in [5, 5.41) is 7.90. The minimum Gasteiger partial charge on any atom is -0.355 e. The van der Waals surface area contributed by atoms with Crippen LogP contribution in [0, 0.1) is 0 Å². The lowest BCUT2D eigenvalue weighted by Crippen LogP contribution is -2.46. The number of hydrogen-bond acceptors (Lipinski definition) is 3. The summed E-state index contributed by atoms with van der Waals surface area (Å²) in [6.07, 6.45) is 8.73. The smallest absolute Gasteiger partial charge is 0.191 e. The minimum absolute atomic E-state index is 0. The highest BCUT2D eigenvalue weighted by Gasteiger charge is 2.25. The fourth-order valence-corrected chi connectivity index (χ4v) is 3.92. The number of hydrogen-bond donors (Lipinski definition) is 2. The molecule has 2 aliphatic rings. The van der Waals surface area contributed by atoms with Gasteiger partial charge in [0.25, 0.3) is 0 Å². The first-order valence-electron chi connectivity index (χ1n) is 7.43. The van der Waals surface area contributed by atoms with Crippen molar-refractivity contribution in [2.75, 3.05) is 33.4 Å². The summed E-state index contributed by atoms with van der Waals surface area (Å²) >= 11 is 2.00. The topological polar surface area (TPSA) is 39.7 Å². The van der Waals surface area contributed by atoms with Crippen molar-refractivity contribution in [2.24, 2.45) is 4.99 Å². The Labute approximate surface area is 144 Å². The van der Waals surface area contributed by atoms with Crippen molar-refractivity contribution < 1.29 is 0 Å². The number of nitrogens with one attached hydrogen (secondary N) is 2. The first-order chi connectivity index (χ1) is 9.22. The molecule has 2 fully saturated rings. The molecule has 1 heterocycles. The van der Waals surface area contributed by atoms with Crippen molar-refractivity contribution in [3.63, 3.8) is 0 Å². The van der Waals surface area contributed by atoms with Crippen molar-refractivity contribution in [1.29, 1.82) is 0 Å². The van der Waals surface area contributed by atoms with E-state index in [1.54, 1.807) is 0 Å². The summed E-state index contributed by atoms with van der Waals surface area (Å²) in [5.41, 5.74) is 0. The van der Waals surface area contributed by atoms with E-state index in [2.05, 4.69) is 33.8 Å². The highest BCUT2D eigenvalue weighted by atomic mass is 127.